The van der Waals surface area contributed by atoms with E-state index in [1.54, 1.807) is 40.3 Å². The Hall–Kier alpha value is -3.04. The highest BCUT2D eigenvalue weighted by Gasteiger charge is 2.43. The molecular formula is C21H23F3N6O. The fraction of sp³-hybridized carbons (Fsp3) is 0.476. The first-order valence-electron chi connectivity index (χ1n) is 10.5. The Morgan fingerprint density at radius 3 is 2.71 bits per heavy atom. The van der Waals surface area contributed by atoms with Gasteiger partial charge in [0.1, 0.15) is 11.6 Å². The van der Waals surface area contributed by atoms with Gasteiger partial charge < -0.3 is 9.80 Å². The first kappa shape index (κ1) is 19.9. The molecule has 7 nitrogen and oxygen atoms in total. The molecule has 2 aromatic heterocycles. The van der Waals surface area contributed by atoms with Crippen molar-refractivity contribution in [2.24, 2.45) is 5.92 Å². The van der Waals surface area contributed by atoms with Gasteiger partial charge in [0.2, 0.25) is 0 Å². The lowest BCUT2D eigenvalue weighted by molar-refractivity contribution is -0.176. The second kappa shape index (κ2) is 7.58. The molecule has 0 radical (unpaired) electrons. The lowest BCUT2D eigenvalue weighted by Crippen LogP contribution is -2.48. The summed E-state index contributed by atoms with van der Waals surface area (Å²) in [5.74, 6) is 0.0527. The molecule has 3 aliphatic heterocycles. The smallest absolute Gasteiger partial charge is 0.366 e. The molecule has 0 aromatic carbocycles. The standard InChI is InChI=1S/C21H23F3N6O/c22-21(23,24)14-4-3-10-29(12-14)18-7-6-16-19(27-18)30(15-8-11-28(16)13-15)20(31)26-17-5-1-2-9-25-17/h1-2,5-7,9,14-15H,3-4,8,10-13H2,(H,25,26,31)/t14-,15+/m1/s1. The monoisotopic (exact) mass is 432 g/mol. The van der Waals surface area contributed by atoms with Crippen LogP contribution in [0.2, 0.25) is 0 Å². The van der Waals surface area contributed by atoms with Crippen molar-refractivity contribution < 1.29 is 18.0 Å². The van der Waals surface area contributed by atoms with Crippen LogP contribution in [0.3, 0.4) is 0 Å². The quantitative estimate of drug-likeness (QED) is 0.780. The van der Waals surface area contributed by atoms with Crippen LogP contribution in [-0.2, 0) is 0 Å². The zero-order valence-corrected chi connectivity index (χ0v) is 16.8. The number of anilines is 4. The molecular weight excluding hydrogens is 409 g/mol. The Morgan fingerprint density at radius 2 is 1.94 bits per heavy atom. The molecule has 0 unspecified atom stereocenters. The predicted molar refractivity (Wildman–Crippen MR) is 112 cm³/mol. The number of alkyl halides is 3. The van der Waals surface area contributed by atoms with Gasteiger partial charge in [0.05, 0.1) is 17.6 Å². The molecule has 1 N–H and O–H groups in total. The molecule has 164 valence electrons. The van der Waals surface area contributed by atoms with Crippen molar-refractivity contribution in [3.8, 4) is 0 Å². The third-order valence-corrected chi connectivity index (χ3v) is 6.26. The van der Waals surface area contributed by atoms with Crippen LogP contribution in [-0.4, -0.2) is 54.4 Å². The molecule has 10 heteroatoms. The minimum atomic E-state index is -4.22. The van der Waals surface area contributed by atoms with Crippen LogP contribution in [0.5, 0.6) is 0 Å². The number of aromatic nitrogens is 2. The summed E-state index contributed by atoms with van der Waals surface area (Å²) in [7, 11) is 0. The lowest BCUT2D eigenvalue weighted by atomic mass is 9.97. The van der Waals surface area contributed by atoms with Gasteiger partial charge in [-0.25, -0.2) is 14.8 Å². The van der Waals surface area contributed by atoms with Gasteiger partial charge >= 0.3 is 12.2 Å². The Bertz CT molecular complexity index is 969. The summed E-state index contributed by atoms with van der Waals surface area (Å²) >= 11 is 0. The first-order valence-corrected chi connectivity index (χ1v) is 10.5. The molecule has 2 fully saturated rings. The maximum absolute atomic E-state index is 13.3. The molecule has 2 saturated heterocycles. The highest BCUT2D eigenvalue weighted by atomic mass is 19.4. The normalized spacial score (nSPS) is 23.0. The van der Waals surface area contributed by atoms with Crippen molar-refractivity contribution in [2.45, 2.75) is 31.5 Å². The van der Waals surface area contributed by atoms with E-state index in [0.717, 1.165) is 18.7 Å². The van der Waals surface area contributed by atoms with Gasteiger partial charge in [-0.3, -0.25) is 10.2 Å². The van der Waals surface area contributed by atoms with Crippen LogP contribution in [0, 0.1) is 5.92 Å². The summed E-state index contributed by atoms with van der Waals surface area (Å²) in [6.45, 7) is 1.93. The van der Waals surface area contributed by atoms with Crippen molar-refractivity contribution in [1.82, 2.24) is 9.97 Å². The minimum absolute atomic E-state index is 0.0387. The number of hydrogen-bond acceptors (Lipinski definition) is 5. The average molecular weight is 432 g/mol. The van der Waals surface area contributed by atoms with Crippen LogP contribution in [0.1, 0.15) is 19.3 Å². The lowest BCUT2D eigenvalue weighted by Gasteiger charge is -2.38. The van der Waals surface area contributed by atoms with Crippen molar-refractivity contribution >= 4 is 29.2 Å². The molecule has 5 heterocycles. The molecule has 2 bridgehead atoms. The number of fused-ring (bicyclic) bond motifs is 4. The Kier molecular flexibility index (Phi) is 4.86. The second-order valence-corrected chi connectivity index (χ2v) is 8.24. The fourth-order valence-corrected chi connectivity index (χ4v) is 4.70. The molecule has 0 aliphatic carbocycles. The number of carbonyl (C=O) groups is 1. The fourth-order valence-electron chi connectivity index (χ4n) is 4.70. The van der Waals surface area contributed by atoms with Crippen LogP contribution < -0.4 is 20.0 Å². The Labute approximate surface area is 177 Å². The summed E-state index contributed by atoms with van der Waals surface area (Å²) in [5.41, 5.74) is 0.832. The molecule has 0 saturated carbocycles. The first-order chi connectivity index (χ1) is 14.9. The zero-order chi connectivity index (χ0) is 21.6. The number of carbonyl (C=O) groups excluding carboxylic acids is 1. The second-order valence-electron chi connectivity index (χ2n) is 8.24. The third kappa shape index (κ3) is 3.75. The highest BCUT2D eigenvalue weighted by molar-refractivity contribution is 6.04. The average Bonchev–Trinajstić information content (AvgIpc) is 3.18. The molecule has 31 heavy (non-hydrogen) atoms. The van der Waals surface area contributed by atoms with Gasteiger partial charge in [0.15, 0.2) is 5.82 Å². The van der Waals surface area contributed by atoms with E-state index in [0.29, 0.717) is 37.0 Å². The summed E-state index contributed by atoms with van der Waals surface area (Å²) in [6.07, 6.45) is -1.21. The van der Waals surface area contributed by atoms with E-state index >= 15 is 0 Å². The van der Waals surface area contributed by atoms with E-state index in [1.165, 1.54) is 0 Å². The van der Waals surface area contributed by atoms with E-state index < -0.39 is 12.1 Å². The van der Waals surface area contributed by atoms with E-state index in [4.69, 9.17) is 4.98 Å². The van der Waals surface area contributed by atoms with Crippen LogP contribution >= 0.6 is 0 Å². The number of amides is 2. The van der Waals surface area contributed by atoms with Crippen LogP contribution in [0.25, 0.3) is 0 Å². The van der Waals surface area contributed by atoms with E-state index in [2.05, 4.69) is 15.2 Å². The SMILES string of the molecule is O=C(Nc1ccccn1)N1c2nc(N3CCC[C@@H](C(F)(F)F)C3)ccc2N2CC[C@H]1C2. The number of nitrogens with one attached hydrogen (secondary N) is 1. The van der Waals surface area contributed by atoms with Gasteiger partial charge in [0, 0.05) is 32.4 Å². The zero-order valence-electron chi connectivity index (χ0n) is 16.8. The van der Waals surface area contributed by atoms with Crippen LogP contribution in [0.15, 0.2) is 36.5 Å². The van der Waals surface area contributed by atoms with Crippen LogP contribution in [0.4, 0.5) is 41.1 Å². The van der Waals surface area contributed by atoms with Gasteiger partial charge in [-0.1, -0.05) is 6.07 Å². The Balaban J connectivity index is 1.45. The van der Waals surface area contributed by atoms with Gasteiger partial charge in [-0.05, 0) is 43.5 Å². The molecule has 2 aromatic rings. The van der Waals surface area contributed by atoms with Gasteiger partial charge in [-0.15, -0.1) is 0 Å². The number of hydrogen-bond donors (Lipinski definition) is 1. The Morgan fingerprint density at radius 1 is 1.06 bits per heavy atom. The van der Waals surface area contributed by atoms with Crippen molar-refractivity contribution in [2.75, 3.05) is 46.2 Å². The maximum Gasteiger partial charge on any atom is 0.393 e. The summed E-state index contributed by atoms with van der Waals surface area (Å²) in [4.78, 5) is 27.5. The molecule has 5 rings (SSSR count). The highest BCUT2D eigenvalue weighted by Crippen LogP contribution is 2.41. The number of nitrogens with zero attached hydrogens (tertiary/aromatic N) is 5. The largest absolute Gasteiger partial charge is 0.393 e. The summed E-state index contributed by atoms with van der Waals surface area (Å²) in [5, 5.41) is 2.82. The number of pyridine rings is 2. The van der Waals surface area contributed by atoms with E-state index in [9.17, 15) is 18.0 Å². The topological polar surface area (TPSA) is 64.6 Å². The van der Waals surface area contributed by atoms with Crippen molar-refractivity contribution in [3.05, 3.63) is 36.5 Å². The molecule has 0 spiro atoms. The molecule has 3 aliphatic rings. The maximum atomic E-state index is 13.3. The van der Waals surface area contributed by atoms with Gasteiger partial charge in [-0.2, -0.15) is 13.2 Å². The number of piperidine rings is 1. The number of urea groups is 1. The van der Waals surface area contributed by atoms with Crippen molar-refractivity contribution in [3.63, 3.8) is 0 Å². The van der Waals surface area contributed by atoms with Crippen molar-refractivity contribution in [1.29, 1.82) is 0 Å². The van der Waals surface area contributed by atoms with E-state index in [-0.39, 0.29) is 25.0 Å². The van der Waals surface area contributed by atoms with E-state index in [1.807, 2.05) is 6.07 Å². The summed E-state index contributed by atoms with van der Waals surface area (Å²) < 4.78 is 39.8. The molecule has 2 atom stereocenters. The number of rotatable bonds is 2. The minimum Gasteiger partial charge on any atom is -0.366 e. The molecule has 2 amide bonds. The number of halogens is 3. The summed E-state index contributed by atoms with van der Waals surface area (Å²) in [6, 6.07) is 8.53. The predicted octanol–water partition coefficient (Wildman–Crippen LogP) is 3.89. The third-order valence-electron chi connectivity index (χ3n) is 6.26. The van der Waals surface area contributed by atoms with Gasteiger partial charge in [0.25, 0.3) is 0 Å².